The van der Waals surface area contributed by atoms with Gasteiger partial charge in [0.25, 0.3) is 0 Å². The van der Waals surface area contributed by atoms with E-state index in [1.165, 1.54) is 24.0 Å². The summed E-state index contributed by atoms with van der Waals surface area (Å²) >= 11 is 0. The van der Waals surface area contributed by atoms with Crippen molar-refractivity contribution < 1.29 is 4.74 Å². The van der Waals surface area contributed by atoms with Gasteiger partial charge in [-0.3, -0.25) is 0 Å². The molecule has 1 aromatic rings. The van der Waals surface area contributed by atoms with E-state index in [1.54, 1.807) is 0 Å². The highest BCUT2D eigenvalue weighted by Gasteiger charge is 2.27. The van der Waals surface area contributed by atoms with Crippen molar-refractivity contribution in [1.82, 2.24) is 4.90 Å². The maximum atomic E-state index is 6.07. The van der Waals surface area contributed by atoms with Gasteiger partial charge >= 0.3 is 0 Å². The summed E-state index contributed by atoms with van der Waals surface area (Å²) in [4.78, 5) is 2.55. The predicted octanol–water partition coefficient (Wildman–Crippen LogP) is 1.06. The topological polar surface area (TPSA) is 38.5 Å². The lowest BCUT2D eigenvalue weighted by atomic mass is 10.0. The molecule has 18 heavy (non-hydrogen) atoms. The van der Waals surface area contributed by atoms with Crippen LogP contribution in [0.2, 0.25) is 0 Å². The van der Waals surface area contributed by atoms with Crippen molar-refractivity contribution in [2.45, 2.75) is 18.9 Å². The summed E-state index contributed by atoms with van der Waals surface area (Å²) in [7, 11) is 0. The lowest BCUT2D eigenvalue weighted by Gasteiger charge is -2.24. The molecule has 0 radical (unpaired) electrons. The van der Waals surface area contributed by atoms with Gasteiger partial charge in [-0.2, -0.15) is 0 Å². The van der Waals surface area contributed by atoms with Crippen LogP contribution in [0, 0.1) is 5.92 Å². The van der Waals surface area contributed by atoms with Crippen LogP contribution < -0.4 is 5.73 Å². The molecule has 0 bridgehead atoms. The molecule has 3 rings (SSSR count). The first-order valence-electron chi connectivity index (χ1n) is 6.95. The number of hydrogen-bond donors (Lipinski definition) is 1. The van der Waals surface area contributed by atoms with Crippen molar-refractivity contribution in [2.75, 3.05) is 32.8 Å². The molecule has 3 nitrogen and oxygen atoms in total. The first kappa shape index (κ1) is 12.2. The monoisotopic (exact) mass is 246 g/mol. The van der Waals surface area contributed by atoms with Crippen molar-refractivity contribution in [3.05, 3.63) is 35.4 Å². The van der Waals surface area contributed by atoms with Crippen LogP contribution in [0.15, 0.2) is 24.3 Å². The Morgan fingerprint density at radius 1 is 1.11 bits per heavy atom. The molecular weight excluding hydrogens is 224 g/mol. The summed E-state index contributed by atoms with van der Waals surface area (Å²) in [5, 5.41) is 0. The standard InChI is InChI=1S/C15H22N2O/c16-15-11-18-10-14(15)9-17-7-5-12-3-1-2-4-13(12)6-8-17/h1-4,14-15H,5-11,16H2. The highest BCUT2D eigenvalue weighted by Crippen LogP contribution is 2.18. The molecule has 3 heteroatoms. The maximum Gasteiger partial charge on any atom is 0.0621 e. The molecule has 2 atom stereocenters. The third-order valence-corrected chi connectivity index (χ3v) is 4.25. The van der Waals surface area contributed by atoms with Gasteiger partial charge in [-0.1, -0.05) is 24.3 Å². The molecule has 0 aliphatic carbocycles. The van der Waals surface area contributed by atoms with Gasteiger partial charge < -0.3 is 15.4 Å². The third-order valence-electron chi connectivity index (χ3n) is 4.25. The summed E-state index contributed by atoms with van der Waals surface area (Å²) in [6.07, 6.45) is 2.33. The van der Waals surface area contributed by atoms with Crippen LogP contribution >= 0.6 is 0 Å². The average molecular weight is 246 g/mol. The van der Waals surface area contributed by atoms with Crippen molar-refractivity contribution in [3.8, 4) is 0 Å². The fourth-order valence-electron chi connectivity index (χ4n) is 3.03. The minimum Gasteiger partial charge on any atom is -0.379 e. The molecule has 1 saturated heterocycles. The van der Waals surface area contributed by atoms with E-state index in [0.29, 0.717) is 5.92 Å². The fourth-order valence-corrected chi connectivity index (χ4v) is 3.03. The third kappa shape index (κ3) is 2.58. The largest absolute Gasteiger partial charge is 0.379 e. The zero-order valence-corrected chi connectivity index (χ0v) is 10.8. The zero-order chi connectivity index (χ0) is 12.4. The van der Waals surface area contributed by atoms with E-state index in [0.717, 1.165) is 32.8 Å². The van der Waals surface area contributed by atoms with Gasteiger partial charge in [0.05, 0.1) is 13.2 Å². The second-order valence-corrected chi connectivity index (χ2v) is 5.53. The molecular formula is C15H22N2O. The average Bonchev–Trinajstić information content (AvgIpc) is 2.68. The molecule has 2 heterocycles. The molecule has 98 valence electrons. The van der Waals surface area contributed by atoms with Crippen LogP contribution in [0.5, 0.6) is 0 Å². The molecule has 1 aromatic carbocycles. The molecule has 2 unspecified atom stereocenters. The van der Waals surface area contributed by atoms with Crippen molar-refractivity contribution >= 4 is 0 Å². The van der Waals surface area contributed by atoms with Crippen molar-refractivity contribution in [1.29, 1.82) is 0 Å². The van der Waals surface area contributed by atoms with Crippen LogP contribution in [0.4, 0.5) is 0 Å². The summed E-state index contributed by atoms with van der Waals surface area (Å²) in [5.41, 5.74) is 9.11. The van der Waals surface area contributed by atoms with E-state index >= 15 is 0 Å². The van der Waals surface area contributed by atoms with Crippen LogP contribution in [0.25, 0.3) is 0 Å². The van der Waals surface area contributed by atoms with Gasteiger partial charge in [-0.25, -0.2) is 0 Å². The molecule has 2 aliphatic rings. The lowest BCUT2D eigenvalue weighted by molar-refractivity contribution is 0.168. The Bertz CT molecular complexity index is 380. The van der Waals surface area contributed by atoms with Crippen molar-refractivity contribution in [2.24, 2.45) is 11.7 Å². The highest BCUT2D eigenvalue weighted by molar-refractivity contribution is 5.28. The minimum atomic E-state index is 0.232. The van der Waals surface area contributed by atoms with Gasteiger partial charge in [-0.15, -0.1) is 0 Å². The Balaban J connectivity index is 1.61. The number of benzene rings is 1. The number of fused-ring (bicyclic) bond motifs is 1. The van der Waals surface area contributed by atoms with Gasteiger partial charge in [0.1, 0.15) is 0 Å². The number of nitrogens with two attached hydrogens (primary N) is 1. The summed E-state index contributed by atoms with van der Waals surface area (Å²) in [5.74, 6) is 0.520. The molecule has 0 spiro atoms. The molecule has 0 aromatic heterocycles. The van der Waals surface area contributed by atoms with E-state index in [1.807, 2.05) is 0 Å². The normalized spacial score (nSPS) is 28.9. The lowest BCUT2D eigenvalue weighted by Crippen LogP contribution is -2.39. The van der Waals surface area contributed by atoms with E-state index in [-0.39, 0.29) is 6.04 Å². The first-order valence-corrected chi connectivity index (χ1v) is 6.95. The smallest absolute Gasteiger partial charge is 0.0621 e. The molecule has 2 aliphatic heterocycles. The van der Waals surface area contributed by atoms with Gasteiger partial charge in [-0.05, 0) is 24.0 Å². The summed E-state index contributed by atoms with van der Waals surface area (Å²) in [6, 6.07) is 9.06. The summed E-state index contributed by atoms with van der Waals surface area (Å²) < 4.78 is 5.45. The predicted molar refractivity (Wildman–Crippen MR) is 72.6 cm³/mol. The maximum absolute atomic E-state index is 6.07. The molecule has 0 saturated carbocycles. The Kier molecular flexibility index (Phi) is 3.64. The number of rotatable bonds is 2. The zero-order valence-electron chi connectivity index (χ0n) is 10.8. The number of ether oxygens (including phenoxy) is 1. The van der Waals surface area contributed by atoms with E-state index in [2.05, 4.69) is 29.2 Å². The van der Waals surface area contributed by atoms with Gasteiger partial charge in [0.2, 0.25) is 0 Å². The van der Waals surface area contributed by atoms with E-state index in [4.69, 9.17) is 10.5 Å². The quantitative estimate of drug-likeness (QED) is 0.848. The Morgan fingerprint density at radius 3 is 2.33 bits per heavy atom. The Hall–Kier alpha value is -0.900. The fraction of sp³-hybridized carbons (Fsp3) is 0.600. The SMILES string of the molecule is NC1COCC1CN1CCc2ccccc2CC1. The molecule has 2 N–H and O–H groups in total. The molecule has 1 fully saturated rings. The van der Waals surface area contributed by atoms with E-state index in [9.17, 15) is 0 Å². The van der Waals surface area contributed by atoms with Gasteiger partial charge in [0, 0.05) is 31.6 Å². The molecule has 0 amide bonds. The second-order valence-electron chi connectivity index (χ2n) is 5.53. The van der Waals surface area contributed by atoms with Crippen LogP contribution in [-0.4, -0.2) is 43.8 Å². The van der Waals surface area contributed by atoms with Crippen LogP contribution in [-0.2, 0) is 17.6 Å². The van der Waals surface area contributed by atoms with E-state index < -0.39 is 0 Å². The first-order chi connectivity index (χ1) is 8.83. The van der Waals surface area contributed by atoms with Crippen LogP contribution in [0.1, 0.15) is 11.1 Å². The summed E-state index contributed by atoms with van der Waals surface area (Å²) in [6.45, 7) is 4.97. The Labute approximate surface area is 109 Å². The number of hydrogen-bond acceptors (Lipinski definition) is 3. The Morgan fingerprint density at radius 2 is 1.78 bits per heavy atom. The van der Waals surface area contributed by atoms with Crippen molar-refractivity contribution in [3.63, 3.8) is 0 Å². The number of nitrogens with zero attached hydrogens (tertiary/aromatic N) is 1. The van der Waals surface area contributed by atoms with Gasteiger partial charge in [0.15, 0.2) is 0 Å². The second kappa shape index (κ2) is 5.39. The van der Waals surface area contributed by atoms with Crippen LogP contribution in [0.3, 0.4) is 0 Å². The highest BCUT2D eigenvalue weighted by atomic mass is 16.5. The minimum absolute atomic E-state index is 0.232.